The minimum Gasteiger partial charge on any atom is -0.358 e. The molecular weight excluding hydrogens is 376 g/mol. The van der Waals surface area contributed by atoms with Gasteiger partial charge in [-0.3, -0.25) is 4.79 Å². The van der Waals surface area contributed by atoms with Gasteiger partial charge in [0.2, 0.25) is 11.0 Å². The van der Waals surface area contributed by atoms with Crippen molar-refractivity contribution in [2.75, 3.05) is 5.32 Å². The zero-order valence-corrected chi connectivity index (χ0v) is 16.4. The summed E-state index contributed by atoms with van der Waals surface area (Å²) in [5.41, 5.74) is 4.32. The fourth-order valence-electron chi connectivity index (χ4n) is 2.92. The van der Waals surface area contributed by atoms with Crippen molar-refractivity contribution in [3.63, 3.8) is 0 Å². The molecule has 0 radical (unpaired) electrons. The summed E-state index contributed by atoms with van der Waals surface area (Å²) in [5, 5.41) is 12.7. The Kier molecular flexibility index (Phi) is 5.22. The number of fused-ring (bicyclic) bond motifs is 1. The van der Waals surface area contributed by atoms with Crippen molar-refractivity contribution >= 4 is 45.0 Å². The summed E-state index contributed by atoms with van der Waals surface area (Å²) in [6, 6.07) is 18.2. The first-order chi connectivity index (χ1) is 13.2. The third kappa shape index (κ3) is 4.20. The minimum absolute atomic E-state index is 0.0846. The first kappa shape index (κ1) is 17.8. The molecule has 5 nitrogen and oxygen atoms in total. The minimum atomic E-state index is -0.0846. The van der Waals surface area contributed by atoms with E-state index in [-0.39, 0.29) is 5.91 Å². The maximum absolute atomic E-state index is 12.5. The number of anilines is 1. The van der Waals surface area contributed by atoms with Crippen LogP contribution in [0.4, 0.5) is 5.13 Å². The molecule has 0 aliphatic heterocycles. The molecule has 27 heavy (non-hydrogen) atoms. The van der Waals surface area contributed by atoms with Crippen LogP contribution in [0.5, 0.6) is 0 Å². The van der Waals surface area contributed by atoms with Gasteiger partial charge in [-0.25, -0.2) is 0 Å². The number of nitrogens with zero attached hydrogens (tertiary/aromatic N) is 2. The summed E-state index contributed by atoms with van der Waals surface area (Å²) in [6.45, 7) is 1.99. The van der Waals surface area contributed by atoms with E-state index in [2.05, 4.69) is 32.6 Å². The fourth-order valence-corrected chi connectivity index (χ4v) is 4.65. The largest absolute Gasteiger partial charge is 0.358 e. The zero-order valence-electron chi connectivity index (χ0n) is 14.7. The van der Waals surface area contributed by atoms with E-state index in [0.717, 1.165) is 32.3 Å². The predicted octanol–water partition coefficient (Wildman–Crippen LogP) is 4.80. The van der Waals surface area contributed by atoms with E-state index in [1.54, 1.807) is 11.8 Å². The third-order valence-corrected chi connectivity index (χ3v) is 6.27. The number of hydrogen-bond donors (Lipinski definition) is 2. The molecule has 4 aromatic rings. The topological polar surface area (TPSA) is 70.7 Å². The Bertz CT molecular complexity index is 1070. The van der Waals surface area contributed by atoms with Gasteiger partial charge in [-0.1, -0.05) is 71.6 Å². The number of amides is 1. The normalized spacial score (nSPS) is 11.0. The van der Waals surface area contributed by atoms with Gasteiger partial charge in [0.25, 0.3) is 0 Å². The molecule has 136 valence electrons. The van der Waals surface area contributed by atoms with Gasteiger partial charge in [-0.2, -0.15) is 0 Å². The van der Waals surface area contributed by atoms with E-state index in [1.165, 1.54) is 16.9 Å². The van der Waals surface area contributed by atoms with Crippen molar-refractivity contribution in [3.05, 3.63) is 71.4 Å². The highest BCUT2D eigenvalue weighted by Gasteiger charge is 2.14. The highest BCUT2D eigenvalue weighted by Crippen LogP contribution is 2.28. The van der Waals surface area contributed by atoms with Gasteiger partial charge in [0.15, 0.2) is 4.34 Å². The summed E-state index contributed by atoms with van der Waals surface area (Å²) < 4.78 is 0.845. The lowest BCUT2D eigenvalue weighted by Crippen LogP contribution is -2.14. The standard InChI is InChI=1S/C20H18N4OS2/c1-13-16(15-9-5-6-10-17(15)21-13)11-18(25)22-19-23-24-20(27-19)26-12-14-7-3-2-4-8-14/h2-10,21H,11-12H2,1H3,(H,22,23,25). The number of para-hydroxylation sites is 1. The van der Waals surface area contributed by atoms with E-state index in [1.807, 2.05) is 49.4 Å². The molecule has 2 N–H and O–H groups in total. The Labute approximate surface area is 165 Å². The highest BCUT2D eigenvalue weighted by atomic mass is 32.2. The lowest BCUT2D eigenvalue weighted by atomic mass is 10.1. The van der Waals surface area contributed by atoms with Crippen LogP contribution in [0.2, 0.25) is 0 Å². The van der Waals surface area contributed by atoms with Gasteiger partial charge in [0, 0.05) is 22.3 Å². The van der Waals surface area contributed by atoms with E-state index >= 15 is 0 Å². The predicted molar refractivity (Wildman–Crippen MR) is 111 cm³/mol. The van der Waals surface area contributed by atoms with Crippen LogP contribution in [0.1, 0.15) is 16.8 Å². The molecule has 2 aromatic carbocycles. The second-order valence-electron chi connectivity index (χ2n) is 6.15. The molecular formula is C20H18N4OS2. The van der Waals surface area contributed by atoms with Crippen LogP contribution < -0.4 is 5.32 Å². The average Bonchev–Trinajstić information content (AvgIpc) is 3.25. The first-order valence-electron chi connectivity index (χ1n) is 8.55. The molecule has 0 saturated heterocycles. The van der Waals surface area contributed by atoms with Crippen LogP contribution in [-0.4, -0.2) is 21.1 Å². The van der Waals surface area contributed by atoms with Crippen molar-refractivity contribution in [2.45, 2.75) is 23.4 Å². The van der Waals surface area contributed by atoms with Crippen LogP contribution >= 0.6 is 23.1 Å². The number of benzene rings is 2. The maximum atomic E-state index is 12.5. The molecule has 0 aliphatic rings. The number of H-pyrrole nitrogens is 1. The first-order valence-corrected chi connectivity index (χ1v) is 10.4. The quantitative estimate of drug-likeness (QED) is 0.364. The molecule has 0 fully saturated rings. The van der Waals surface area contributed by atoms with Gasteiger partial charge < -0.3 is 10.3 Å². The molecule has 4 rings (SSSR count). The van der Waals surface area contributed by atoms with Crippen molar-refractivity contribution in [2.24, 2.45) is 0 Å². The average molecular weight is 395 g/mol. The second-order valence-corrected chi connectivity index (χ2v) is 8.35. The summed E-state index contributed by atoms with van der Waals surface area (Å²) in [7, 11) is 0. The molecule has 2 heterocycles. The second kappa shape index (κ2) is 7.94. The molecule has 0 bridgehead atoms. The highest BCUT2D eigenvalue weighted by molar-refractivity contribution is 8.00. The van der Waals surface area contributed by atoms with Crippen LogP contribution in [0, 0.1) is 6.92 Å². The van der Waals surface area contributed by atoms with E-state index in [9.17, 15) is 4.79 Å². The number of carbonyl (C=O) groups excluding carboxylic acids is 1. The number of aryl methyl sites for hydroxylation is 1. The monoisotopic (exact) mass is 394 g/mol. The van der Waals surface area contributed by atoms with Crippen LogP contribution in [-0.2, 0) is 17.0 Å². The van der Waals surface area contributed by atoms with E-state index < -0.39 is 0 Å². The van der Waals surface area contributed by atoms with Crippen molar-refractivity contribution in [3.8, 4) is 0 Å². The molecule has 2 aromatic heterocycles. The third-order valence-electron chi connectivity index (χ3n) is 4.22. The zero-order chi connectivity index (χ0) is 18.6. The SMILES string of the molecule is Cc1[nH]c2ccccc2c1CC(=O)Nc1nnc(SCc2ccccc2)s1. The molecule has 0 aliphatic carbocycles. The summed E-state index contributed by atoms with van der Waals surface area (Å²) in [6.07, 6.45) is 0.307. The number of thioether (sulfide) groups is 1. The Balaban J connectivity index is 1.38. The smallest absolute Gasteiger partial charge is 0.230 e. The Hall–Kier alpha value is -2.64. The number of aromatic nitrogens is 3. The van der Waals surface area contributed by atoms with Gasteiger partial charge in [-0.05, 0) is 24.1 Å². The Morgan fingerprint density at radius 2 is 1.89 bits per heavy atom. The molecule has 0 spiro atoms. The maximum Gasteiger partial charge on any atom is 0.230 e. The molecule has 1 amide bonds. The van der Waals surface area contributed by atoms with Crippen molar-refractivity contribution in [1.29, 1.82) is 0 Å². The van der Waals surface area contributed by atoms with Crippen LogP contribution in [0.3, 0.4) is 0 Å². The van der Waals surface area contributed by atoms with Crippen LogP contribution in [0.25, 0.3) is 10.9 Å². The summed E-state index contributed by atoms with van der Waals surface area (Å²) >= 11 is 3.02. The molecule has 0 atom stereocenters. The molecule has 7 heteroatoms. The van der Waals surface area contributed by atoms with Gasteiger partial charge in [-0.15, -0.1) is 10.2 Å². The number of carbonyl (C=O) groups is 1. The van der Waals surface area contributed by atoms with Crippen molar-refractivity contribution in [1.82, 2.24) is 15.2 Å². The van der Waals surface area contributed by atoms with Gasteiger partial charge >= 0.3 is 0 Å². The van der Waals surface area contributed by atoms with Gasteiger partial charge in [0.05, 0.1) is 6.42 Å². The summed E-state index contributed by atoms with van der Waals surface area (Å²) in [5.74, 6) is 0.747. The fraction of sp³-hybridized carbons (Fsp3) is 0.150. The lowest BCUT2D eigenvalue weighted by Gasteiger charge is -2.02. The number of nitrogens with one attached hydrogen (secondary N) is 2. The van der Waals surface area contributed by atoms with E-state index in [0.29, 0.717) is 11.6 Å². The van der Waals surface area contributed by atoms with Gasteiger partial charge in [0.1, 0.15) is 0 Å². The Morgan fingerprint density at radius 1 is 1.11 bits per heavy atom. The van der Waals surface area contributed by atoms with Crippen molar-refractivity contribution < 1.29 is 4.79 Å². The molecule has 0 saturated carbocycles. The number of hydrogen-bond acceptors (Lipinski definition) is 5. The van der Waals surface area contributed by atoms with Crippen LogP contribution in [0.15, 0.2) is 58.9 Å². The van der Waals surface area contributed by atoms with E-state index in [4.69, 9.17) is 0 Å². The lowest BCUT2D eigenvalue weighted by molar-refractivity contribution is -0.115. The molecule has 0 unspecified atom stereocenters. The summed E-state index contributed by atoms with van der Waals surface area (Å²) in [4.78, 5) is 15.8. The number of rotatable bonds is 6. The number of aromatic amines is 1. The Morgan fingerprint density at radius 3 is 2.74 bits per heavy atom.